The van der Waals surface area contributed by atoms with E-state index in [2.05, 4.69) is 0 Å². The summed E-state index contributed by atoms with van der Waals surface area (Å²) in [6, 6.07) is 12.1. The molecule has 4 heteroatoms. The number of carboxylic acids is 1. The quantitative estimate of drug-likeness (QED) is 0.836. The maximum absolute atomic E-state index is 11.2. The Hall–Kier alpha value is -2.36. The van der Waals surface area contributed by atoms with Crippen molar-refractivity contribution in [3.05, 3.63) is 48.0 Å². The van der Waals surface area contributed by atoms with Gasteiger partial charge >= 0.3 is 5.97 Å². The van der Waals surface area contributed by atoms with Crippen LogP contribution in [0, 0.1) is 0 Å². The van der Waals surface area contributed by atoms with E-state index < -0.39 is 12.0 Å². The van der Waals surface area contributed by atoms with Gasteiger partial charge in [0, 0.05) is 7.05 Å². The fraction of sp³-hybridized carbons (Fsp3) is 0.143. The van der Waals surface area contributed by atoms with E-state index in [4.69, 9.17) is 0 Å². The summed E-state index contributed by atoms with van der Waals surface area (Å²) in [5.41, 5.74) is 0.593. The maximum Gasteiger partial charge on any atom is 0.331 e. The molecule has 0 fully saturated rings. The first-order valence-electron chi connectivity index (χ1n) is 5.52. The van der Waals surface area contributed by atoms with E-state index in [1.165, 1.54) is 7.05 Å². The number of benzene rings is 2. The van der Waals surface area contributed by atoms with Gasteiger partial charge < -0.3 is 10.0 Å². The number of nitrogens with zero attached hydrogens (tertiary/aromatic N) is 1. The summed E-state index contributed by atoms with van der Waals surface area (Å²) < 4.78 is 0. The van der Waals surface area contributed by atoms with E-state index in [0.717, 1.165) is 15.7 Å². The lowest BCUT2D eigenvalue weighted by Crippen LogP contribution is -2.29. The number of amides is 1. The highest BCUT2D eigenvalue weighted by molar-refractivity contribution is 5.85. The summed E-state index contributed by atoms with van der Waals surface area (Å²) in [7, 11) is 1.46. The van der Waals surface area contributed by atoms with Gasteiger partial charge in [0.25, 0.3) is 0 Å². The Bertz CT molecular complexity index is 594. The van der Waals surface area contributed by atoms with Crippen molar-refractivity contribution < 1.29 is 14.7 Å². The summed E-state index contributed by atoms with van der Waals surface area (Å²) in [4.78, 5) is 23.1. The molecule has 0 aromatic heterocycles. The molecule has 0 aliphatic carbocycles. The van der Waals surface area contributed by atoms with E-state index in [-0.39, 0.29) is 0 Å². The van der Waals surface area contributed by atoms with Gasteiger partial charge in [0.05, 0.1) is 0 Å². The Morgan fingerprint density at radius 2 is 1.89 bits per heavy atom. The Morgan fingerprint density at radius 3 is 2.50 bits per heavy atom. The van der Waals surface area contributed by atoms with Crippen molar-refractivity contribution in [2.75, 3.05) is 7.05 Å². The molecule has 0 saturated heterocycles. The minimum atomic E-state index is -1.04. The van der Waals surface area contributed by atoms with Crippen molar-refractivity contribution in [1.82, 2.24) is 4.90 Å². The molecule has 0 bridgehead atoms. The van der Waals surface area contributed by atoms with Crippen molar-refractivity contribution in [3.8, 4) is 0 Å². The maximum atomic E-state index is 11.2. The van der Waals surface area contributed by atoms with Gasteiger partial charge in [-0.1, -0.05) is 36.4 Å². The molecule has 2 rings (SSSR count). The minimum absolute atomic E-state index is 0.522. The molecule has 0 aliphatic heterocycles. The van der Waals surface area contributed by atoms with Gasteiger partial charge in [0.2, 0.25) is 6.41 Å². The molecule has 4 nitrogen and oxygen atoms in total. The summed E-state index contributed by atoms with van der Waals surface area (Å²) in [5.74, 6) is -1.04. The van der Waals surface area contributed by atoms with Crippen molar-refractivity contribution >= 4 is 23.2 Å². The summed E-state index contributed by atoms with van der Waals surface area (Å²) in [6.07, 6.45) is 0.522. The highest BCUT2D eigenvalue weighted by atomic mass is 16.4. The molecule has 0 heterocycles. The number of carboxylic acid groups (broad SMARTS) is 1. The van der Waals surface area contributed by atoms with Crippen LogP contribution in [0.5, 0.6) is 0 Å². The zero-order chi connectivity index (χ0) is 13.1. The predicted octanol–water partition coefficient (Wildman–Crippen LogP) is 2.05. The molecule has 0 radical (unpaired) electrons. The standard InChI is InChI=1S/C14H13NO3/c1-15(9-16)13(14(17)18)12-7-6-10-4-2-3-5-11(10)8-12/h2-9,13H,1H3,(H,17,18). The van der Waals surface area contributed by atoms with Gasteiger partial charge in [-0.05, 0) is 22.4 Å². The molecule has 0 saturated carbocycles. The van der Waals surface area contributed by atoms with Crippen LogP contribution in [0.3, 0.4) is 0 Å². The zero-order valence-corrected chi connectivity index (χ0v) is 9.91. The largest absolute Gasteiger partial charge is 0.479 e. The second-order valence-electron chi connectivity index (χ2n) is 4.12. The second kappa shape index (κ2) is 4.87. The zero-order valence-electron chi connectivity index (χ0n) is 9.91. The molecule has 2 aromatic carbocycles. The highest BCUT2D eigenvalue weighted by Crippen LogP contribution is 2.23. The third kappa shape index (κ3) is 2.18. The molecule has 0 aliphatic rings. The van der Waals surface area contributed by atoms with Gasteiger partial charge in [0.15, 0.2) is 6.04 Å². The summed E-state index contributed by atoms with van der Waals surface area (Å²) in [6.45, 7) is 0. The van der Waals surface area contributed by atoms with E-state index in [1.54, 1.807) is 12.1 Å². The first-order chi connectivity index (χ1) is 8.63. The monoisotopic (exact) mass is 243 g/mol. The number of fused-ring (bicyclic) bond motifs is 1. The average Bonchev–Trinajstić information content (AvgIpc) is 2.38. The lowest BCUT2D eigenvalue weighted by atomic mass is 10.0. The number of carbonyl (C=O) groups excluding carboxylic acids is 1. The molecule has 92 valence electrons. The fourth-order valence-electron chi connectivity index (χ4n) is 1.99. The summed E-state index contributed by atoms with van der Waals surface area (Å²) in [5, 5.41) is 11.2. The van der Waals surface area contributed by atoms with Crippen LogP contribution in [-0.4, -0.2) is 29.4 Å². The Morgan fingerprint density at radius 1 is 1.22 bits per heavy atom. The number of carbonyl (C=O) groups is 2. The van der Waals surface area contributed by atoms with Crippen LogP contribution in [0.15, 0.2) is 42.5 Å². The van der Waals surface area contributed by atoms with Crippen LogP contribution < -0.4 is 0 Å². The predicted molar refractivity (Wildman–Crippen MR) is 68.2 cm³/mol. The third-order valence-corrected chi connectivity index (χ3v) is 2.90. The molecule has 1 amide bonds. The van der Waals surface area contributed by atoms with Gasteiger partial charge in [-0.3, -0.25) is 4.79 Å². The summed E-state index contributed by atoms with van der Waals surface area (Å²) >= 11 is 0. The van der Waals surface area contributed by atoms with Gasteiger partial charge in [-0.15, -0.1) is 0 Å². The Kier molecular flexibility index (Phi) is 3.28. The van der Waals surface area contributed by atoms with Crippen LogP contribution >= 0.6 is 0 Å². The first kappa shape index (κ1) is 12.1. The Balaban J connectivity index is 2.51. The Labute approximate surface area is 104 Å². The highest BCUT2D eigenvalue weighted by Gasteiger charge is 2.23. The van der Waals surface area contributed by atoms with E-state index in [0.29, 0.717) is 12.0 Å². The molecular weight excluding hydrogens is 230 g/mol. The smallest absolute Gasteiger partial charge is 0.331 e. The first-order valence-corrected chi connectivity index (χ1v) is 5.52. The molecule has 0 spiro atoms. The van der Waals surface area contributed by atoms with Crippen molar-refractivity contribution in [3.63, 3.8) is 0 Å². The van der Waals surface area contributed by atoms with Crippen LogP contribution in [-0.2, 0) is 9.59 Å². The molecule has 1 unspecified atom stereocenters. The number of rotatable bonds is 4. The normalized spacial score (nSPS) is 12.1. The fourth-order valence-corrected chi connectivity index (χ4v) is 1.99. The number of hydrogen-bond donors (Lipinski definition) is 1. The topological polar surface area (TPSA) is 57.6 Å². The molecule has 18 heavy (non-hydrogen) atoms. The van der Waals surface area contributed by atoms with Gasteiger partial charge in [-0.25, -0.2) is 4.79 Å². The van der Waals surface area contributed by atoms with Gasteiger partial charge in [-0.2, -0.15) is 0 Å². The van der Waals surface area contributed by atoms with Gasteiger partial charge in [0.1, 0.15) is 0 Å². The third-order valence-electron chi connectivity index (χ3n) is 2.90. The van der Waals surface area contributed by atoms with Crippen molar-refractivity contribution in [2.45, 2.75) is 6.04 Å². The van der Waals surface area contributed by atoms with E-state index in [9.17, 15) is 14.7 Å². The van der Waals surface area contributed by atoms with Crippen molar-refractivity contribution in [1.29, 1.82) is 0 Å². The number of hydrogen-bond acceptors (Lipinski definition) is 2. The van der Waals surface area contributed by atoms with Crippen LogP contribution in [0.25, 0.3) is 10.8 Å². The molecule has 1 N–H and O–H groups in total. The number of likely N-dealkylation sites (N-methyl/N-ethyl adjacent to an activating group) is 1. The molecule has 2 aromatic rings. The lowest BCUT2D eigenvalue weighted by molar-refractivity contribution is -0.145. The SMILES string of the molecule is CN(C=O)C(C(=O)O)c1ccc2ccccc2c1. The minimum Gasteiger partial charge on any atom is -0.479 e. The van der Waals surface area contributed by atoms with Crippen LogP contribution in [0.4, 0.5) is 0 Å². The second-order valence-corrected chi connectivity index (χ2v) is 4.12. The van der Waals surface area contributed by atoms with Crippen LogP contribution in [0.1, 0.15) is 11.6 Å². The number of aliphatic carboxylic acids is 1. The molecule has 1 atom stereocenters. The van der Waals surface area contributed by atoms with E-state index in [1.807, 2.05) is 30.3 Å². The van der Waals surface area contributed by atoms with Crippen molar-refractivity contribution in [2.24, 2.45) is 0 Å². The average molecular weight is 243 g/mol. The van der Waals surface area contributed by atoms with E-state index >= 15 is 0 Å². The molecular formula is C14H13NO3. The lowest BCUT2D eigenvalue weighted by Gasteiger charge is -2.21. The van der Waals surface area contributed by atoms with Crippen LogP contribution in [0.2, 0.25) is 0 Å².